The maximum atomic E-state index is 12.3. The Hall–Kier alpha value is -1.82. The van der Waals surface area contributed by atoms with Gasteiger partial charge >= 0.3 is 0 Å². The van der Waals surface area contributed by atoms with Crippen LogP contribution in [0.5, 0.6) is 11.5 Å². The lowest BCUT2D eigenvalue weighted by molar-refractivity contribution is -0.183. The highest BCUT2D eigenvalue weighted by Gasteiger charge is 2.41. The third-order valence-electron chi connectivity index (χ3n) is 7.65. The van der Waals surface area contributed by atoms with Crippen molar-refractivity contribution in [1.29, 1.82) is 0 Å². The summed E-state index contributed by atoms with van der Waals surface area (Å²) in [6, 6.07) is 0. The van der Waals surface area contributed by atoms with Gasteiger partial charge in [0.1, 0.15) is 17.3 Å². The number of rotatable bonds is 6. The monoisotopic (exact) mass is 476 g/mol. The van der Waals surface area contributed by atoms with Crippen LogP contribution >= 0.6 is 11.6 Å². The number of halogens is 1. The molecule has 1 saturated carbocycles. The number of benzene rings is 1. The van der Waals surface area contributed by atoms with Crippen molar-refractivity contribution in [3.8, 4) is 11.5 Å². The molecule has 182 valence electrons. The number of carbonyl (C=O) groups is 1. The fraction of sp³-hybridized carbons (Fsp3) is 0.593. The highest BCUT2D eigenvalue weighted by Crippen LogP contribution is 2.46. The van der Waals surface area contributed by atoms with Crippen molar-refractivity contribution in [2.45, 2.75) is 66.6 Å². The number of aromatic hydroxyl groups is 1. The van der Waals surface area contributed by atoms with Crippen LogP contribution in [0.3, 0.4) is 0 Å². The van der Waals surface area contributed by atoms with E-state index in [-0.39, 0.29) is 17.1 Å². The summed E-state index contributed by atoms with van der Waals surface area (Å²) in [7, 11) is 1.55. The lowest BCUT2D eigenvalue weighted by Gasteiger charge is -2.42. The fourth-order valence-electron chi connectivity index (χ4n) is 4.82. The molecule has 1 aromatic carbocycles. The largest absolute Gasteiger partial charge is 0.507 e. The van der Waals surface area contributed by atoms with E-state index >= 15 is 0 Å². The van der Waals surface area contributed by atoms with E-state index in [9.17, 15) is 9.90 Å². The van der Waals surface area contributed by atoms with Crippen LogP contribution < -0.4 is 4.74 Å². The summed E-state index contributed by atoms with van der Waals surface area (Å²) >= 11 is 6.62. The summed E-state index contributed by atoms with van der Waals surface area (Å²) in [5.74, 6) is 1.34. The number of Topliss-reactive ketones (excluding diaryl/α,β-unsaturated/α-hetero) is 1. The molecule has 0 spiro atoms. The molecule has 1 heterocycles. The number of methoxy groups -OCH3 is 1. The minimum atomic E-state index is -0.641. The molecule has 5 nitrogen and oxygen atoms in total. The molecule has 2 aliphatic rings. The molecule has 0 bridgehead atoms. The SMILES string of the molecule is COc1c(Cl)c(C)c(C2OCCCO2)c(O)c1CC=C(C)C=C[C@@]1(C)[C@H](C)CCC(=O)[C@@H]1C. The highest BCUT2D eigenvalue weighted by atomic mass is 35.5. The van der Waals surface area contributed by atoms with Crippen molar-refractivity contribution in [2.24, 2.45) is 17.3 Å². The van der Waals surface area contributed by atoms with Crippen molar-refractivity contribution in [1.82, 2.24) is 0 Å². The molecule has 33 heavy (non-hydrogen) atoms. The molecular formula is C27H37ClO5. The summed E-state index contributed by atoms with van der Waals surface area (Å²) in [5.41, 5.74) is 2.74. The van der Waals surface area contributed by atoms with E-state index in [1.165, 1.54) is 0 Å². The molecule has 1 N–H and O–H groups in total. The number of phenolic OH excluding ortho intramolecular Hbond substituents is 1. The van der Waals surface area contributed by atoms with Crippen LogP contribution in [-0.2, 0) is 20.7 Å². The van der Waals surface area contributed by atoms with Gasteiger partial charge in [0.25, 0.3) is 0 Å². The zero-order chi connectivity index (χ0) is 24.3. The van der Waals surface area contributed by atoms with E-state index < -0.39 is 6.29 Å². The van der Waals surface area contributed by atoms with Gasteiger partial charge in [0, 0.05) is 17.9 Å². The first-order chi connectivity index (χ1) is 15.6. The van der Waals surface area contributed by atoms with Crippen molar-refractivity contribution in [3.63, 3.8) is 0 Å². The number of hydrogen-bond donors (Lipinski definition) is 1. The lowest BCUT2D eigenvalue weighted by Crippen LogP contribution is -2.40. The van der Waals surface area contributed by atoms with Crippen LogP contribution in [0.2, 0.25) is 5.02 Å². The predicted octanol–water partition coefficient (Wildman–Crippen LogP) is 6.48. The van der Waals surface area contributed by atoms with Crippen molar-refractivity contribution in [3.05, 3.63) is 45.5 Å². The van der Waals surface area contributed by atoms with E-state index in [0.29, 0.717) is 65.2 Å². The van der Waals surface area contributed by atoms with Crippen LogP contribution in [0.1, 0.15) is 69.9 Å². The van der Waals surface area contributed by atoms with Gasteiger partial charge in [0.05, 0.1) is 30.9 Å². The molecule has 3 rings (SSSR count). The number of ketones is 1. The van der Waals surface area contributed by atoms with Crippen LogP contribution in [0.4, 0.5) is 0 Å². The second-order valence-corrected chi connectivity index (χ2v) is 10.00. The number of allylic oxidation sites excluding steroid dienone is 4. The molecule has 0 radical (unpaired) electrons. The number of carbonyl (C=O) groups excluding carboxylic acids is 1. The van der Waals surface area contributed by atoms with Gasteiger partial charge in [0.2, 0.25) is 0 Å². The van der Waals surface area contributed by atoms with Gasteiger partial charge in [-0.05, 0) is 50.0 Å². The highest BCUT2D eigenvalue weighted by molar-refractivity contribution is 6.33. The summed E-state index contributed by atoms with van der Waals surface area (Å²) in [6.07, 6.45) is 8.51. The van der Waals surface area contributed by atoms with E-state index in [0.717, 1.165) is 18.4 Å². The van der Waals surface area contributed by atoms with Gasteiger partial charge in [-0.25, -0.2) is 0 Å². The maximum Gasteiger partial charge on any atom is 0.187 e. The Morgan fingerprint density at radius 1 is 1.30 bits per heavy atom. The van der Waals surface area contributed by atoms with Gasteiger partial charge in [0.15, 0.2) is 6.29 Å². The molecule has 0 aromatic heterocycles. The van der Waals surface area contributed by atoms with E-state index in [2.05, 4.69) is 26.0 Å². The summed E-state index contributed by atoms with van der Waals surface area (Å²) in [5, 5.41) is 11.6. The zero-order valence-corrected chi connectivity index (χ0v) is 21.4. The third-order valence-corrected chi connectivity index (χ3v) is 8.10. The van der Waals surface area contributed by atoms with Crippen molar-refractivity contribution < 1.29 is 24.1 Å². The van der Waals surface area contributed by atoms with Crippen LogP contribution in [0.25, 0.3) is 0 Å². The number of phenols is 1. The number of hydrogen-bond acceptors (Lipinski definition) is 5. The van der Waals surface area contributed by atoms with E-state index in [1.807, 2.05) is 26.8 Å². The maximum absolute atomic E-state index is 12.3. The van der Waals surface area contributed by atoms with Gasteiger partial charge in [-0.1, -0.05) is 56.2 Å². The van der Waals surface area contributed by atoms with Gasteiger partial charge in [-0.15, -0.1) is 0 Å². The number of ether oxygens (including phenoxy) is 3. The minimum Gasteiger partial charge on any atom is -0.507 e. The molecule has 3 atom stereocenters. The van der Waals surface area contributed by atoms with Crippen molar-refractivity contribution in [2.75, 3.05) is 20.3 Å². The lowest BCUT2D eigenvalue weighted by atomic mass is 9.61. The van der Waals surface area contributed by atoms with E-state index in [4.69, 9.17) is 25.8 Å². The Balaban J connectivity index is 1.90. The third kappa shape index (κ3) is 5.16. The Bertz CT molecular complexity index is 945. The molecule has 1 aliphatic heterocycles. The fourth-order valence-corrected chi connectivity index (χ4v) is 5.12. The Kier molecular flexibility index (Phi) is 8.31. The van der Waals surface area contributed by atoms with Gasteiger partial charge in [-0.2, -0.15) is 0 Å². The summed E-state index contributed by atoms with van der Waals surface area (Å²) < 4.78 is 17.1. The molecule has 0 unspecified atom stereocenters. The molecule has 1 aliphatic carbocycles. The Morgan fingerprint density at radius 3 is 2.61 bits per heavy atom. The molecular weight excluding hydrogens is 440 g/mol. The average molecular weight is 477 g/mol. The minimum absolute atomic E-state index is 0.00314. The zero-order valence-electron chi connectivity index (χ0n) is 20.7. The second kappa shape index (κ2) is 10.6. The first kappa shape index (κ1) is 25.8. The molecule has 6 heteroatoms. The van der Waals surface area contributed by atoms with Gasteiger partial charge in [-0.3, -0.25) is 4.79 Å². The quantitative estimate of drug-likeness (QED) is 0.475. The average Bonchev–Trinajstić information content (AvgIpc) is 2.81. The Morgan fingerprint density at radius 2 is 1.97 bits per heavy atom. The first-order valence-electron chi connectivity index (χ1n) is 11.8. The van der Waals surface area contributed by atoms with Crippen LogP contribution in [0, 0.1) is 24.2 Å². The normalized spacial score (nSPS) is 27.4. The molecule has 1 saturated heterocycles. The molecule has 1 aromatic rings. The standard InChI is InChI=1S/C27H37ClO5/c1-16(12-13-27(5)17(2)9-11-21(29)19(27)4)8-10-20-24(30)22(26-32-14-7-15-33-26)18(3)23(28)25(20)31-6/h8,12-13,17,19,26,30H,7,9-11,14-15H2,1-6H3/t17-,19+,27+/m1/s1. The molecule has 0 amide bonds. The Labute approximate surface area is 202 Å². The summed E-state index contributed by atoms with van der Waals surface area (Å²) in [4.78, 5) is 12.3. The predicted molar refractivity (Wildman–Crippen MR) is 131 cm³/mol. The van der Waals surface area contributed by atoms with Gasteiger partial charge < -0.3 is 19.3 Å². The van der Waals surface area contributed by atoms with Crippen molar-refractivity contribution >= 4 is 17.4 Å². The van der Waals surface area contributed by atoms with Crippen LogP contribution in [0.15, 0.2) is 23.8 Å². The second-order valence-electron chi connectivity index (χ2n) is 9.62. The topological polar surface area (TPSA) is 65.0 Å². The molecule has 2 fully saturated rings. The smallest absolute Gasteiger partial charge is 0.187 e. The van der Waals surface area contributed by atoms with Crippen LogP contribution in [-0.4, -0.2) is 31.2 Å². The first-order valence-corrected chi connectivity index (χ1v) is 12.2. The van der Waals surface area contributed by atoms with E-state index in [1.54, 1.807) is 7.11 Å². The summed E-state index contributed by atoms with van der Waals surface area (Å²) in [6.45, 7) is 11.4.